The van der Waals surface area contributed by atoms with Crippen LogP contribution in [0, 0.1) is 0 Å². The number of likely N-dealkylation sites (N-methyl/N-ethyl adjacent to an activating group) is 1. The Hall–Kier alpha value is -1.24. The van der Waals surface area contributed by atoms with Crippen LogP contribution in [0.1, 0.15) is 181 Å². The van der Waals surface area contributed by atoms with Crippen molar-refractivity contribution in [1.29, 1.82) is 0 Å². The highest BCUT2D eigenvalue weighted by Crippen LogP contribution is 2.44. The first-order valence-corrected chi connectivity index (χ1v) is 21.3. The highest BCUT2D eigenvalue weighted by molar-refractivity contribution is 4.98. The molecule has 5 nitrogen and oxygen atoms in total. The summed E-state index contributed by atoms with van der Waals surface area (Å²) in [5.74, 6) is -0.495. The van der Waals surface area contributed by atoms with Crippen molar-refractivity contribution in [2.24, 2.45) is 0 Å². The molecule has 2 saturated heterocycles. The fourth-order valence-electron chi connectivity index (χ4n) is 7.31. The van der Waals surface area contributed by atoms with Crippen molar-refractivity contribution in [2.75, 3.05) is 27.7 Å². The maximum absolute atomic E-state index is 6.89. The van der Waals surface area contributed by atoms with Crippen molar-refractivity contribution in [3.05, 3.63) is 48.6 Å². The lowest BCUT2D eigenvalue weighted by atomic mass is 9.98. The molecule has 0 N–H and O–H groups in total. The van der Waals surface area contributed by atoms with Gasteiger partial charge in [0.25, 0.3) is 0 Å². The molecule has 2 aliphatic heterocycles. The van der Waals surface area contributed by atoms with E-state index in [1.54, 1.807) is 7.11 Å². The molecule has 2 unspecified atom stereocenters. The Labute approximate surface area is 310 Å². The van der Waals surface area contributed by atoms with Gasteiger partial charge in [-0.15, -0.1) is 0 Å². The van der Waals surface area contributed by atoms with Gasteiger partial charge in [-0.25, -0.2) is 0 Å². The molecule has 2 heterocycles. The summed E-state index contributed by atoms with van der Waals surface area (Å²) in [6.07, 6.45) is 50.5. The van der Waals surface area contributed by atoms with Gasteiger partial charge < -0.3 is 23.8 Å². The number of hydrogen-bond donors (Lipinski definition) is 0. The number of hydrogen-bond acceptors (Lipinski definition) is 5. The zero-order chi connectivity index (χ0) is 36.0. The third-order valence-electron chi connectivity index (χ3n) is 10.3. The van der Waals surface area contributed by atoms with Crippen LogP contribution in [0.3, 0.4) is 0 Å². The van der Waals surface area contributed by atoms with Crippen molar-refractivity contribution < 1.29 is 18.9 Å². The van der Waals surface area contributed by atoms with Crippen LogP contribution >= 0.6 is 0 Å². The normalized spacial score (nSPS) is 22.1. The van der Waals surface area contributed by atoms with E-state index >= 15 is 0 Å². The van der Waals surface area contributed by atoms with Gasteiger partial charge in [0.2, 0.25) is 0 Å². The van der Waals surface area contributed by atoms with Crippen LogP contribution in [0.25, 0.3) is 0 Å². The highest BCUT2D eigenvalue weighted by Gasteiger charge is 2.58. The van der Waals surface area contributed by atoms with Gasteiger partial charge in [0.05, 0.1) is 0 Å². The van der Waals surface area contributed by atoms with Crippen LogP contribution in [0.2, 0.25) is 0 Å². The van der Waals surface area contributed by atoms with E-state index in [-0.39, 0.29) is 24.6 Å². The maximum atomic E-state index is 6.89. The lowest BCUT2D eigenvalue weighted by Gasteiger charge is -2.32. The van der Waals surface area contributed by atoms with Crippen molar-refractivity contribution in [1.82, 2.24) is 4.90 Å². The second kappa shape index (κ2) is 30.2. The van der Waals surface area contributed by atoms with Crippen LogP contribution in [0.4, 0.5) is 0 Å². The second-order valence-corrected chi connectivity index (χ2v) is 15.3. The molecule has 0 radical (unpaired) electrons. The Bertz CT molecular complexity index is 848. The molecule has 0 amide bonds. The summed E-state index contributed by atoms with van der Waals surface area (Å²) in [7, 11) is 5.92. The molecule has 0 aromatic carbocycles. The van der Waals surface area contributed by atoms with E-state index in [1.165, 1.54) is 128 Å². The number of fused-ring (bicyclic) bond motifs is 1. The third kappa shape index (κ3) is 20.7. The van der Waals surface area contributed by atoms with Crippen LogP contribution in [0.5, 0.6) is 0 Å². The average Bonchev–Trinajstić information content (AvgIpc) is 3.63. The van der Waals surface area contributed by atoms with Crippen molar-refractivity contribution in [3.8, 4) is 0 Å². The lowest BCUT2D eigenvalue weighted by Crippen LogP contribution is -2.39. The van der Waals surface area contributed by atoms with Crippen molar-refractivity contribution >= 4 is 0 Å². The monoisotopic (exact) mass is 700 g/mol. The van der Waals surface area contributed by atoms with Gasteiger partial charge in [-0.05, 0) is 91.1 Å². The molecule has 290 valence electrons. The molecule has 0 spiro atoms. The minimum absolute atomic E-state index is 0.0199. The molecule has 0 aliphatic carbocycles. The minimum atomic E-state index is -0.495. The average molecular weight is 700 g/mol. The summed E-state index contributed by atoms with van der Waals surface area (Å²) in [6.45, 7) is 5.35. The lowest BCUT2D eigenvalue weighted by molar-refractivity contribution is -0.248. The molecule has 2 aliphatic rings. The molecule has 0 bridgehead atoms. The molecular weight excluding hydrogens is 618 g/mol. The number of unbranched alkanes of at least 4 members (excludes halogenated alkanes) is 18. The Morgan fingerprint density at radius 3 is 1.34 bits per heavy atom. The number of methoxy groups -OCH3 is 1. The summed E-state index contributed by atoms with van der Waals surface area (Å²) in [5.41, 5.74) is 0. The van der Waals surface area contributed by atoms with Crippen LogP contribution in [0.15, 0.2) is 48.6 Å². The van der Waals surface area contributed by atoms with E-state index in [1.807, 2.05) is 0 Å². The first-order chi connectivity index (χ1) is 24.5. The first-order valence-electron chi connectivity index (χ1n) is 21.3. The molecule has 2 rings (SSSR count). The standard InChI is InChI=1S/C45H81NO4/c1-6-8-10-12-14-16-18-20-22-24-26-28-30-32-34-36-38-45(49-42-41(40-46(3)4)48-44(47-5)43(42)50-45)39-37-35-33-31-29-27-25-23-21-19-17-15-13-11-9-7-2/h14-17,20-23,41-44H,6-13,18-19,24-40H2,1-5H3/b16-14-,17-15-,22-20-,23-21-/t41?,42-,43-,44?/m1/s1. The van der Waals surface area contributed by atoms with Gasteiger partial charge in [-0.3, -0.25) is 0 Å². The molecular formula is C45H81NO4. The Kier molecular flexibility index (Phi) is 27.2. The van der Waals surface area contributed by atoms with E-state index in [2.05, 4.69) is 81.5 Å². The van der Waals surface area contributed by atoms with Crippen molar-refractivity contribution in [3.63, 3.8) is 0 Å². The Morgan fingerprint density at radius 2 is 0.920 bits per heavy atom. The number of nitrogens with zero attached hydrogens (tertiary/aromatic N) is 1. The zero-order valence-corrected chi connectivity index (χ0v) is 33.6. The van der Waals surface area contributed by atoms with Gasteiger partial charge in [0.1, 0.15) is 18.3 Å². The number of allylic oxidation sites excluding steroid dienone is 8. The predicted molar refractivity (Wildman–Crippen MR) is 215 cm³/mol. The predicted octanol–water partition coefficient (Wildman–Crippen LogP) is 12.8. The Balaban J connectivity index is 1.66. The van der Waals surface area contributed by atoms with Gasteiger partial charge in [-0.1, -0.05) is 140 Å². The zero-order valence-electron chi connectivity index (χ0n) is 33.6. The number of rotatable bonds is 33. The van der Waals surface area contributed by atoms with E-state index in [9.17, 15) is 0 Å². The van der Waals surface area contributed by atoms with Crippen molar-refractivity contribution in [2.45, 2.75) is 211 Å². The topological polar surface area (TPSA) is 40.2 Å². The maximum Gasteiger partial charge on any atom is 0.186 e. The smallest absolute Gasteiger partial charge is 0.186 e. The Morgan fingerprint density at radius 1 is 0.520 bits per heavy atom. The SMILES string of the molecule is CCCCC/C=C\C/C=C\CCCCCCCCC1(CCCCCCCC/C=C\C/C=C\CCCCC)O[C@@H]2C(CN(C)C)OC(OC)[C@@H]2O1. The van der Waals surface area contributed by atoms with E-state index in [0.717, 1.165) is 45.1 Å². The first kappa shape index (κ1) is 44.9. The molecule has 4 atom stereocenters. The summed E-state index contributed by atoms with van der Waals surface area (Å²) < 4.78 is 25.7. The van der Waals surface area contributed by atoms with Crippen LogP contribution < -0.4 is 0 Å². The highest BCUT2D eigenvalue weighted by atomic mass is 16.8. The largest absolute Gasteiger partial charge is 0.353 e. The van der Waals surface area contributed by atoms with Gasteiger partial charge in [-0.2, -0.15) is 0 Å². The summed E-state index contributed by atoms with van der Waals surface area (Å²) >= 11 is 0. The fraction of sp³-hybridized carbons (Fsp3) is 0.822. The second-order valence-electron chi connectivity index (χ2n) is 15.3. The molecule has 0 aromatic rings. The van der Waals surface area contributed by atoms with Crippen LogP contribution in [-0.4, -0.2) is 63.0 Å². The summed E-state index contributed by atoms with van der Waals surface area (Å²) in [5, 5.41) is 0. The van der Waals surface area contributed by atoms with E-state index in [0.29, 0.717) is 0 Å². The number of ether oxygens (including phenoxy) is 4. The quantitative estimate of drug-likeness (QED) is 0.0504. The molecule has 5 heteroatoms. The third-order valence-corrected chi connectivity index (χ3v) is 10.3. The summed E-state index contributed by atoms with van der Waals surface area (Å²) in [4.78, 5) is 2.17. The van der Waals surface area contributed by atoms with Gasteiger partial charge >= 0.3 is 0 Å². The van der Waals surface area contributed by atoms with Gasteiger partial charge in [0.15, 0.2) is 12.1 Å². The molecule has 0 saturated carbocycles. The molecule has 2 fully saturated rings. The fourth-order valence-corrected chi connectivity index (χ4v) is 7.31. The summed E-state index contributed by atoms with van der Waals surface area (Å²) in [6, 6.07) is 0. The van der Waals surface area contributed by atoms with E-state index < -0.39 is 5.79 Å². The molecule has 50 heavy (non-hydrogen) atoms. The van der Waals surface area contributed by atoms with Crippen LogP contribution in [-0.2, 0) is 18.9 Å². The molecule has 0 aromatic heterocycles. The van der Waals surface area contributed by atoms with Gasteiger partial charge in [0, 0.05) is 26.5 Å². The minimum Gasteiger partial charge on any atom is -0.353 e. The van der Waals surface area contributed by atoms with E-state index in [4.69, 9.17) is 18.9 Å².